The first-order valence-corrected chi connectivity index (χ1v) is 9.50. The monoisotopic (exact) mass is 448 g/mol. The number of phenolic OH excluding ortho intramolecular Hbond substituents is 3. The second-order valence-corrected chi connectivity index (χ2v) is 7.29. The number of hydrogen-bond acceptors (Lipinski definition) is 11. The second-order valence-electron chi connectivity index (χ2n) is 7.29. The fraction of sp³-hybridized carbons (Fsp3) is 0.286. The molecule has 0 amide bonds. The van der Waals surface area contributed by atoms with E-state index in [4.69, 9.17) is 13.9 Å². The minimum atomic E-state index is -1.81. The quantitative estimate of drug-likeness (QED) is 0.261. The minimum Gasteiger partial charge on any atom is -0.508 e. The van der Waals surface area contributed by atoms with E-state index in [0.717, 1.165) is 12.1 Å². The molecule has 0 aliphatic carbocycles. The van der Waals surface area contributed by atoms with E-state index < -0.39 is 60.0 Å². The number of fused-ring (bicyclic) bond motifs is 1. The van der Waals surface area contributed by atoms with Gasteiger partial charge in [0.1, 0.15) is 35.9 Å². The van der Waals surface area contributed by atoms with Crippen LogP contribution in [0, 0.1) is 0 Å². The Morgan fingerprint density at radius 2 is 1.62 bits per heavy atom. The molecule has 0 radical (unpaired) electrons. The van der Waals surface area contributed by atoms with Crippen LogP contribution in [0.5, 0.6) is 23.0 Å². The van der Waals surface area contributed by atoms with E-state index in [1.807, 2.05) is 0 Å². The molecule has 0 bridgehead atoms. The third kappa shape index (κ3) is 3.72. The highest BCUT2D eigenvalue weighted by atomic mass is 16.7. The van der Waals surface area contributed by atoms with Gasteiger partial charge in [-0.05, 0) is 30.3 Å². The Balaban J connectivity index is 1.83. The van der Waals surface area contributed by atoms with Crippen molar-refractivity contribution >= 4 is 11.0 Å². The molecular formula is C21H20O11. The van der Waals surface area contributed by atoms with Crippen molar-refractivity contribution in [1.29, 1.82) is 0 Å². The number of aliphatic hydroxyl groups is 4. The molecule has 0 spiro atoms. The first-order chi connectivity index (χ1) is 15.2. The predicted molar refractivity (Wildman–Crippen MR) is 107 cm³/mol. The van der Waals surface area contributed by atoms with Gasteiger partial charge in [0.15, 0.2) is 16.8 Å². The number of benzene rings is 2. The molecule has 4 rings (SSSR count). The lowest BCUT2D eigenvalue weighted by atomic mass is 9.99. The fourth-order valence-electron chi connectivity index (χ4n) is 3.40. The largest absolute Gasteiger partial charge is 0.508 e. The highest BCUT2D eigenvalue weighted by Gasteiger charge is 2.45. The molecule has 1 fully saturated rings. The van der Waals surface area contributed by atoms with Crippen LogP contribution >= 0.6 is 0 Å². The van der Waals surface area contributed by atoms with Crippen molar-refractivity contribution in [2.45, 2.75) is 30.7 Å². The molecule has 3 aromatic rings. The number of rotatable bonds is 4. The van der Waals surface area contributed by atoms with Crippen molar-refractivity contribution in [1.82, 2.24) is 0 Å². The SMILES string of the molecule is O=c1cc(-c2ccc(O)cc2)oc2c(OC3OC(CO)C(O)C(O)C3O)c(O)c(O)cc12. The zero-order chi connectivity index (χ0) is 23.2. The summed E-state index contributed by atoms with van der Waals surface area (Å²) < 4.78 is 16.5. The first kappa shape index (κ1) is 21.9. The third-order valence-corrected chi connectivity index (χ3v) is 5.16. The molecule has 7 N–H and O–H groups in total. The molecule has 2 heterocycles. The minimum absolute atomic E-state index is 0.00825. The summed E-state index contributed by atoms with van der Waals surface area (Å²) in [6, 6.07) is 7.83. The van der Waals surface area contributed by atoms with Gasteiger partial charge in [-0.3, -0.25) is 4.79 Å². The van der Waals surface area contributed by atoms with Crippen LogP contribution in [-0.2, 0) is 4.74 Å². The number of aliphatic hydroxyl groups excluding tert-OH is 4. The van der Waals surface area contributed by atoms with Crippen LogP contribution in [0.2, 0.25) is 0 Å². The van der Waals surface area contributed by atoms with Gasteiger partial charge in [0, 0.05) is 11.6 Å². The molecule has 5 unspecified atom stereocenters. The smallest absolute Gasteiger partial charge is 0.229 e. The van der Waals surface area contributed by atoms with Gasteiger partial charge in [0.2, 0.25) is 17.8 Å². The summed E-state index contributed by atoms with van der Waals surface area (Å²) in [5.74, 6) is -2.08. The van der Waals surface area contributed by atoms with Crippen LogP contribution in [0.1, 0.15) is 0 Å². The van der Waals surface area contributed by atoms with Crippen LogP contribution in [0.25, 0.3) is 22.3 Å². The molecule has 0 saturated carbocycles. The van der Waals surface area contributed by atoms with Crippen molar-refractivity contribution in [2.24, 2.45) is 0 Å². The zero-order valence-electron chi connectivity index (χ0n) is 16.3. The molecule has 1 aliphatic heterocycles. The standard InChI is InChI=1S/C21H20O11/c22-7-14-16(27)17(28)18(29)21(31-14)32-20-15(26)12(25)5-10-11(24)6-13(30-19(10)20)8-1-3-9(23)4-2-8/h1-6,14,16-18,21-23,25-29H,7H2. The Hall–Kier alpha value is -3.35. The maximum absolute atomic E-state index is 12.7. The molecule has 2 aromatic carbocycles. The molecule has 11 heteroatoms. The Morgan fingerprint density at radius 1 is 0.938 bits per heavy atom. The second kappa shape index (κ2) is 8.30. The summed E-state index contributed by atoms with van der Waals surface area (Å²) in [6.07, 6.45) is -8.19. The summed E-state index contributed by atoms with van der Waals surface area (Å²) >= 11 is 0. The van der Waals surface area contributed by atoms with Crippen molar-refractivity contribution < 1.29 is 49.6 Å². The maximum atomic E-state index is 12.7. The molecule has 11 nitrogen and oxygen atoms in total. The zero-order valence-corrected chi connectivity index (χ0v) is 16.3. The molecule has 1 aliphatic rings. The summed E-state index contributed by atoms with van der Waals surface area (Å²) in [7, 11) is 0. The molecule has 1 saturated heterocycles. The van der Waals surface area contributed by atoms with Crippen LogP contribution in [-0.4, -0.2) is 73.1 Å². The highest BCUT2D eigenvalue weighted by molar-refractivity contribution is 5.89. The number of hydrogen-bond donors (Lipinski definition) is 7. The number of aromatic hydroxyl groups is 3. The van der Waals surface area contributed by atoms with Gasteiger partial charge in [-0.15, -0.1) is 0 Å². The van der Waals surface area contributed by atoms with Crippen molar-refractivity contribution in [3.05, 3.63) is 46.6 Å². The van der Waals surface area contributed by atoms with E-state index in [-0.39, 0.29) is 22.5 Å². The molecular weight excluding hydrogens is 428 g/mol. The predicted octanol–water partition coefficient (Wildman–Crippen LogP) is -0.245. The fourth-order valence-corrected chi connectivity index (χ4v) is 3.40. The van der Waals surface area contributed by atoms with Gasteiger partial charge in [-0.25, -0.2) is 0 Å². The van der Waals surface area contributed by atoms with Crippen LogP contribution in [0.4, 0.5) is 0 Å². The Bertz CT molecular complexity index is 1190. The normalized spacial score (nSPS) is 25.7. The lowest BCUT2D eigenvalue weighted by Gasteiger charge is -2.39. The molecule has 170 valence electrons. The molecule has 32 heavy (non-hydrogen) atoms. The van der Waals surface area contributed by atoms with E-state index in [1.54, 1.807) is 0 Å². The van der Waals surface area contributed by atoms with Gasteiger partial charge in [0.05, 0.1) is 12.0 Å². The number of ether oxygens (including phenoxy) is 2. The summed E-state index contributed by atoms with van der Waals surface area (Å²) in [5, 5.41) is 69.2. The Labute approximate surface area is 179 Å². The van der Waals surface area contributed by atoms with Crippen LogP contribution < -0.4 is 10.2 Å². The maximum Gasteiger partial charge on any atom is 0.229 e. The topological polar surface area (TPSA) is 190 Å². The highest BCUT2D eigenvalue weighted by Crippen LogP contribution is 2.43. The van der Waals surface area contributed by atoms with E-state index in [1.165, 1.54) is 24.3 Å². The van der Waals surface area contributed by atoms with Gasteiger partial charge < -0.3 is 49.6 Å². The lowest BCUT2D eigenvalue weighted by Crippen LogP contribution is -2.60. The number of phenols is 3. The van der Waals surface area contributed by atoms with Crippen molar-refractivity contribution in [2.75, 3.05) is 6.61 Å². The summed E-state index contributed by atoms with van der Waals surface area (Å²) in [6.45, 7) is -0.711. The average molecular weight is 448 g/mol. The average Bonchev–Trinajstić information content (AvgIpc) is 2.78. The van der Waals surface area contributed by atoms with Gasteiger partial charge in [-0.2, -0.15) is 0 Å². The van der Waals surface area contributed by atoms with Gasteiger partial charge >= 0.3 is 0 Å². The summed E-state index contributed by atoms with van der Waals surface area (Å²) in [4.78, 5) is 12.7. The van der Waals surface area contributed by atoms with Gasteiger partial charge in [-0.1, -0.05) is 0 Å². The van der Waals surface area contributed by atoms with Crippen LogP contribution in [0.3, 0.4) is 0 Å². The lowest BCUT2D eigenvalue weighted by molar-refractivity contribution is -0.277. The van der Waals surface area contributed by atoms with E-state index >= 15 is 0 Å². The first-order valence-electron chi connectivity index (χ1n) is 9.50. The van der Waals surface area contributed by atoms with Gasteiger partial charge in [0.25, 0.3) is 0 Å². The molecule has 1 aromatic heterocycles. The third-order valence-electron chi connectivity index (χ3n) is 5.16. The van der Waals surface area contributed by atoms with E-state index in [2.05, 4.69) is 0 Å². The summed E-state index contributed by atoms with van der Waals surface area (Å²) in [5.41, 5.74) is -0.482. The van der Waals surface area contributed by atoms with E-state index in [0.29, 0.717) is 5.56 Å². The van der Waals surface area contributed by atoms with Crippen LogP contribution in [0.15, 0.2) is 45.6 Å². The van der Waals surface area contributed by atoms with Crippen molar-refractivity contribution in [3.8, 4) is 34.3 Å². The molecule has 5 atom stereocenters. The Morgan fingerprint density at radius 3 is 2.28 bits per heavy atom. The van der Waals surface area contributed by atoms with E-state index in [9.17, 15) is 40.5 Å². The Kier molecular flexibility index (Phi) is 5.67. The van der Waals surface area contributed by atoms with Crippen molar-refractivity contribution in [3.63, 3.8) is 0 Å².